The van der Waals surface area contributed by atoms with Crippen LogP contribution in [0.1, 0.15) is 26.3 Å². The number of imidazole rings is 1. The van der Waals surface area contributed by atoms with E-state index in [9.17, 15) is 9.59 Å². The molecule has 0 aliphatic carbocycles. The summed E-state index contributed by atoms with van der Waals surface area (Å²) in [6, 6.07) is 14.3. The summed E-state index contributed by atoms with van der Waals surface area (Å²) in [5.74, 6) is 0. The molecular weight excluding hydrogens is 290 g/mol. The van der Waals surface area contributed by atoms with E-state index in [1.165, 1.54) is 5.56 Å². The lowest BCUT2D eigenvalue weighted by atomic mass is 9.87. The number of carbonyl (C=O) groups is 1. The Labute approximate surface area is 134 Å². The zero-order chi connectivity index (χ0) is 16.6. The van der Waals surface area contributed by atoms with Crippen molar-refractivity contribution < 1.29 is 4.79 Å². The Kier molecular flexibility index (Phi) is 3.56. The maximum Gasteiger partial charge on any atom is 0.334 e. The highest BCUT2D eigenvalue weighted by Gasteiger charge is 2.15. The molecule has 0 fully saturated rings. The molecule has 0 atom stereocenters. The van der Waals surface area contributed by atoms with Gasteiger partial charge in [0.05, 0.1) is 11.0 Å². The Morgan fingerprint density at radius 1 is 1.04 bits per heavy atom. The Hall–Kier alpha value is -2.82. The monoisotopic (exact) mass is 309 g/mol. The maximum absolute atomic E-state index is 12.4. The summed E-state index contributed by atoms with van der Waals surface area (Å²) in [6.45, 7) is 6.39. The molecule has 3 aromatic rings. The largest absolute Gasteiger partial charge is 0.334 e. The number of aromatic amines is 1. The van der Waals surface area contributed by atoms with E-state index in [0.717, 1.165) is 4.57 Å². The van der Waals surface area contributed by atoms with Gasteiger partial charge in [0.1, 0.15) is 0 Å². The molecule has 3 rings (SSSR count). The Bertz CT molecular complexity index is 912. The fourth-order valence-electron chi connectivity index (χ4n) is 2.49. The van der Waals surface area contributed by atoms with E-state index in [4.69, 9.17) is 0 Å². The number of anilines is 1. The summed E-state index contributed by atoms with van der Waals surface area (Å²) in [5.41, 5.74) is 2.63. The number of para-hydroxylation sites is 2. The Balaban J connectivity index is 1.89. The number of rotatable bonds is 1. The Morgan fingerprint density at radius 3 is 2.35 bits per heavy atom. The lowest BCUT2D eigenvalue weighted by Crippen LogP contribution is -2.29. The smallest absolute Gasteiger partial charge is 0.307 e. The Morgan fingerprint density at radius 2 is 1.70 bits per heavy atom. The zero-order valence-corrected chi connectivity index (χ0v) is 13.4. The van der Waals surface area contributed by atoms with Crippen molar-refractivity contribution in [2.45, 2.75) is 26.2 Å². The molecule has 0 saturated heterocycles. The topological polar surface area (TPSA) is 66.9 Å². The van der Waals surface area contributed by atoms with Gasteiger partial charge >= 0.3 is 11.7 Å². The second-order valence-corrected chi connectivity index (χ2v) is 6.54. The van der Waals surface area contributed by atoms with Gasteiger partial charge in [-0.05, 0) is 35.2 Å². The highest BCUT2D eigenvalue weighted by molar-refractivity contribution is 5.97. The van der Waals surface area contributed by atoms with Crippen molar-refractivity contribution in [2.24, 2.45) is 0 Å². The third kappa shape index (κ3) is 2.90. The zero-order valence-electron chi connectivity index (χ0n) is 13.4. The van der Waals surface area contributed by atoms with Gasteiger partial charge < -0.3 is 10.3 Å². The summed E-state index contributed by atoms with van der Waals surface area (Å²) in [7, 11) is 0. The quantitative estimate of drug-likeness (QED) is 0.719. The molecule has 2 N–H and O–H groups in total. The lowest BCUT2D eigenvalue weighted by Gasteiger charge is -2.19. The number of carbonyl (C=O) groups excluding carboxylic acids is 1. The second kappa shape index (κ2) is 5.43. The van der Waals surface area contributed by atoms with Crippen LogP contribution < -0.4 is 11.0 Å². The van der Waals surface area contributed by atoms with Crippen LogP contribution in [0.4, 0.5) is 10.5 Å². The SMILES string of the molecule is CC(C)(C)c1ccc(NC(=O)n2c(=O)[nH]c3ccccc32)cc1. The second-order valence-electron chi connectivity index (χ2n) is 6.54. The fraction of sp³-hybridized carbons (Fsp3) is 0.222. The molecule has 23 heavy (non-hydrogen) atoms. The van der Waals surface area contributed by atoms with Crippen molar-refractivity contribution in [2.75, 3.05) is 5.32 Å². The van der Waals surface area contributed by atoms with Crippen LogP contribution in [0, 0.1) is 0 Å². The molecule has 5 heteroatoms. The van der Waals surface area contributed by atoms with E-state index in [1.807, 2.05) is 30.3 Å². The van der Waals surface area contributed by atoms with Crippen LogP contribution in [0.25, 0.3) is 11.0 Å². The number of hydrogen-bond donors (Lipinski definition) is 2. The van der Waals surface area contributed by atoms with Crippen LogP contribution in [-0.2, 0) is 5.41 Å². The molecule has 1 amide bonds. The van der Waals surface area contributed by atoms with E-state index < -0.39 is 11.7 Å². The summed E-state index contributed by atoms with van der Waals surface area (Å²) in [5, 5.41) is 2.76. The van der Waals surface area contributed by atoms with E-state index in [0.29, 0.717) is 16.7 Å². The van der Waals surface area contributed by atoms with Crippen LogP contribution in [0.3, 0.4) is 0 Å². The molecule has 1 aromatic heterocycles. The van der Waals surface area contributed by atoms with Gasteiger partial charge in [0.25, 0.3) is 0 Å². The molecule has 2 aromatic carbocycles. The highest BCUT2D eigenvalue weighted by atomic mass is 16.2. The number of nitrogens with one attached hydrogen (secondary N) is 2. The van der Waals surface area contributed by atoms with Gasteiger partial charge in [0.15, 0.2) is 0 Å². The molecule has 0 radical (unpaired) electrons. The first-order chi connectivity index (χ1) is 10.9. The van der Waals surface area contributed by atoms with Gasteiger partial charge in [-0.2, -0.15) is 0 Å². The summed E-state index contributed by atoms with van der Waals surface area (Å²) < 4.78 is 1.10. The predicted octanol–water partition coefficient (Wildman–Crippen LogP) is 3.71. The lowest BCUT2D eigenvalue weighted by molar-refractivity contribution is 0.253. The van der Waals surface area contributed by atoms with Gasteiger partial charge in [-0.3, -0.25) is 0 Å². The van der Waals surface area contributed by atoms with Gasteiger partial charge in [0, 0.05) is 5.69 Å². The minimum absolute atomic E-state index is 0.0519. The summed E-state index contributed by atoms with van der Waals surface area (Å²) >= 11 is 0. The van der Waals surface area contributed by atoms with Crippen molar-refractivity contribution in [3.8, 4) is 0 Å². The number of nitrogens with zero attached hydrogens (tertiary/aromatic N) is 1. The summed E-state index contributed by atoms with van der Waals surface area (Å²) in [4.78, 5) is 27.1. The average Bonchev–Trinajstić information content (AvgIpc) is 2.82. The fourth-order valence-corrected chi connectivity index (χ4v) is 2.49. The number of benzene rings is 2. The van der Waals surface area contributed by atoms with Crippen molar-refractivity contribution in [1.82, 2.24) is 9.55 Å². The van der Waals surface area contributed by atoms with Crippen LogP contribution in [-0.4, -0.2) is 15.6 Å². The number of aromatic nitrogens is 2. The van der Waals surface area contributed by atoms with Crippen LogP contribution in [0.5, 0.6) is 0 Å². The number of fused-ring (bicyclic) bond motifs is 1. The molecule has 0 saturated carbocycles. The van der Waals surface area contributed by atoms with Crippen LogP contribution in [0.15, 0.2) is 53.3 Å². The predicted molar refractivity (Wildman–Crippen MR) is 92.1 cm³/mol. The standard InChI is InChI=1S/C18H19N3O2/c1-18(2,3)12-8-10-13(11-9-12)19-16(22)21-15-7-5-4-6-14(15)20-17(21)23/h4-11H,1-3H3,(H,19,22)(H,20,23). The van der Waals surface area contributed by atoms with Crippen LogP contribution >= 0.6 is 0 Å². The van der Waals surface area contributed by atoms with Gasteiger partial charge in [-0.15, -0.1) is 0 Å². The van der Waals surface area contributed by atoms with E-state index in [2.05, 4.69) is 31.1 Å². The van der Waals surface area contributed by atoms with E-state index >= 15 is 0 Å². The molecule has 1 heterocycles. The molecule has 0 unspecified atom stereocenters. The van der Waals surface area contributed by atoms with Crippen molar-refractivity contribution >= 4 is 22.8 Å². The minimum atomic E-state index is -0.476. The van der Waals surface area contributed by atoms with Gasteiger partial charge in [-0.25, -0.2) is 14.2 Å². The molecule has 0 spiro atoms. The molecule has 0 aliphatic rings. The van der Waals surface area contributed by atoms with Gasteiger partial charge in [-0.1, -0.05) is 45.0 Å². The van der Waals surface area contributed by atoms with E-state index in [1.54, 1.807) is 18.2 Å². The third-order valence-corrected chi connectivity index (χ3v) is 3.79. The van der Waals surface area contributed by atoms with Crippen molar-refractivity contribution in [3.05, 3.63) is 64.6 Å². The minimum Gasteiger partial charge on any atom is -0.307 e. The number of H-pyrrole nitrogens is 1. The van der Waals surface area contributed by atoms with Crippen molar-refractivity contribution in [1.29, 1.82) is 0 Å². The van der Waals surface area contributed by atoms with E-state index in [-0.39, 0.29) is 5.41 Å². The van der Waals surface area contributed by atoms with Crippen molar-refractivity contribution in [3.63, 3.8) is 0 Å². The highest BCUT2D eigenvalue weighted by Crippen LogP contribution is 2.23. The normalized spacial score (nSPS) is 11.6. The summed E-state index contributed by atoms with van der Waals surface area (Å²) in [6.07, 6.45) is 0. The first-order valence-corrected chi connectivity index (χ1v) is 7.48. The number of amides is 1. The molecular formula is C18H19N3O2. The first kappa shape index (κ1) is 15.1. The molecule has 0 bridgehead atoms. The van der Waals surface area contributed by atoms with Gasteiger partial charge in [0.2, 0.25) is 0 Å². The maximum atomic E-state index is 12.4. The molecule has 0 aliphatic heterocycles. The first-order valence-electron chi connectivity index (χ1n) is 7.48. The number of hydrogen-bond acceptors (Lipinski definition) is 2. The third-order valence-electron chi connectivity index (χ3n) is 3.79. The average molecular weight is 309 g/mol. The molecule has 5 nitrogen and oxygen atoms in total. The van der Waals surface area contributed by atoms with Crippen LogP contribution in [0.2, 0.25) is 0 Å². The molecule has 118 valence electrons.